The number of esters is 1. The van der Waals surface area contributed by atoms with Crippen molar-refractivity contribution < 1.29 is 18.7 Å². The molecule has 0 aromatic carbocycles. The molecule has 6 nitrogen and oxygen atoms in total. The average molecular weight is 265 g/mol. The Morgan fingerprint density at radius 3 is 2.95 bits per heavy atom. The van der Waals surface area contributed by atoms with E-state index < -0.39 is 11.9 Å². The van der Waals surface area contributed by atoms with Gasteiger partial charge in [0, 0.05) is 30.9 Å². The molecule has 0 aliphatic rings. The zero-order valence-electron chi connectivity index (χ0n) is 10.5. The first-order chi connectivity index (χ1) is 9.10. The molecule has 2 heterocycles. The van der Waals surface area contributed by atoms with Crippen molar-refractivity contribution in [1.82, 2.24) is 14.8 Å². The van der Waals surface area contributed by atoms with Gasteiger partial charge in [-0.3, -0.25) is 4.68 Å². The lowest BCUT2D eigenvalue weighted by atomic mass is 10.2. The molecule has 0 bridgehead atoms. The molecular formula is C12H12FN3O3. The van der Waals surface area contributed by atoms with Crippen molar-refractivity contribution in [3.05, 3.63) is 30.3 Å². The Kier molecular flexibility index (Phi) is 3.74. The van der Waals surface area contributed by atoms with Crippen molar-refractivity contribution >= 4 is 5.97 Å². The number of rotatable bonds is 4. The van der Waals surface area contributed by atoms with Crippen molar-refractivity contribution in [3.63, 3.8) is 0 Å². The molecule has 100 valence electrons. The van der Waals surface area contributed by atoms with Crippen molar-refractivity contribution in [2.24, 2.45) is 7.05 Å². The summed E-state index contributed by atoms with van der Waals surface area (Å²) < 4.78 is 24.2. The number of carbonyl (C=O) groups excluding carboxylic acids is 1. The van der Waals surface area contributed by atoms with E-state index in [4.69, 9.17) is 4.74 Å². The summed E-state index contributed by atoms with van der Waals surface area (Å²) in [6, 6.07) is 4.56. The number of methoxy groups -OCH3 is 1. The number of hydrogen-bond acceptors (Lipinski definition) is 5. The van der Waals surface area contributed by atoms with Crippen LogP contribution in [0.2, 0.25) is 0 Å². The molecule has 2 aromatic rings. The maximum atomic E-state index is 13.1. The van der Waals surface area contributed by atoms with E-state index in [0.29, 0.717) is 11.3 Å². The van der Waals surface area contributed by atoms with Gasteiger partial charge in [0.2, 0.25) is 11.8 Å². The maximum Gasteiger partial charge on any atom is 0.343 e. The van der Waals surface area contributed by atoms with Gasteiger partial charge in [0.1, 0.15) is 0 Å². The molecule has 0 saturated carbocycles. The molecule has 19 heavy (non-hydrogen) atoms. The number of aromatic nitrogens is 3. The number of aryl methyl sites for hydroxylation is 1. The fourth-order valence-corrected chi connectivity index (χ4v) is 1.54. The monoisotopic (exact) mass is 265 g/mol. The van der Waals surface area contributed by atoms with E-state index in [1.165, 1.54) is 24.1 Å². The summed E-state index contributed by atoms with van der Waals surface area (Å²) in [7, 11) is 2.97. The molecule has 0 unspecified atom stereocenters. The number of hydrogen-bond donors (Lipinski definition) is 0. The second-order valence-corrected chi connectivity index (χ2v) is 3.72. The maximum absolute atomic E-state index is 13.1. The summed E-state index contributed by atoms with van der Waals surface area (Å²) in [4.78, 5) is 14.4. The van der Waals surface area contributed by atoms with Crippen LogP contribution in [0.1, 0.15) is 0 Å². The normalized spacial score (nSPS) is 10.3. The molecule has 0 amide bonds. The molecule has 7 heteroatoms. The summed E-state index contributed by atoms with van der Waals surface area (Å²) in [5.41, 5.74) is 1.27. The number of carbonyl (C=O) groups is 1. The third-order valence-electron chi connectivity index (χ3n) is 2.45. The van der Waals surface area contributed by atoms with Crippen molar-refractivity contribution in [3.8, 4) is 17.1 Å². The van der Waals surface area contributed by atoms with Crippen LogP contribution in [-0.4, -0.2) is 34.5 Å². The minimum Gasteiger partial charge on any atom is -0.466 e. The van der Waals surface area contributed by atoms with Gasteiger partial charge in [-0.25, -0.2) is 9.78 Å². The molecule has 0 aliphatic heterocycles. The fraction of sp³-hybridized carbons (Fsp3) is 0.250. The molecule has 2 aromatic heterocycles. The van der Waals surface area contributed by atoms with Crippen LogP contribution in [0.4, 0.5) is 4.39 Å². The number of pyridine rings is 1. The first kappa shape index (κ1) is 13.0. The molecule has 2 rings (SSSR count). The van der Waals surface area contributed by atoms with Crippen molar-refractivity contribution in [1.29, 1.82) is 0 Å². The summed E-state index contributed by atoms with van der Waals surface area (Å²) >= 11 is 0. The highest BCUT2D eigenvalue weighted by Crippen LogP contribution is 2.23. The zero-order valence-corrected chi connectivity index (χ0v) is 10.5. The Bertz CT molecular complexity index is 598. The first-order valence-electron chi connectivity index (χ1n) is 5.45. The van der Waals surface area contributed by atoms with E-state index >= 15 is 0 Å². The topological polar surface area (TPSA) is 66.2 Å². The standard InChI is InChI=1S/C12H12FN3O3/c1-16-9(8-3-4-14-10(13)5-8)6-11(15-16)19-7-12(17)18-2/h3-6H,7H2,1-2H3. The van der Waals surface area contributed by atoms with Crippen LogP contribution in [-0.2, 0) is 16.6 Å². The molecule has 0 saturated heterocycles. The molecule has 0 radical (unpaired) electrons. The smallest absolute Gasteiger partial charge is 0.343 e. The number of halogens is 1. The molecule has 0 aliphatic carbocycles. The fourth-order valence-electron chi connectivity index (χ4n) is 1.54. The summed E-state index contributed by atoms with van der Waals surface area (Å²) in [6.07, 6.45) is 1.37. The molecular weight excluding hydrogens is 253 g/mol. The summed E-state index contributed by atoms with van der Waals surface area (Å²) in [6.45, 7) is -0.225. The lowest BCUT2D eigenvalue weighted by Crippen LogP contribution is -2.12. The Morgan fingerprint density at radius 2 is 2.26 bits per heavy atom. The second kappa shape index (κ2) is 5.47. The summed E-state index contributed by atoms with van der Waals surface area (Å²) in [5.74, 6) is -0.807. The Balaban J connectivity index is 2.19. The SMILES string of the molecule is COC(=O)COc1cc(-c2ccnc(F)c2)n(C)n1. The van der Waals surface area contributed by atoms with Gasteiger partial charge in [0.25, 0.3) is 0 Å². The van der Waals surface area contributed by atoms with E-state index in [-0.39, 0.29) is 12.5 Å². The highest BCUT2D eigenvalue weighted by atomic mass is 19.1. The molecule has 0 atom stereocenters. The zero-order chi connectivity index (χ0) is 13.8. The van der Waals surface area contributed by atoms with Gasteiger partial charge >= 0.3 is 5.97 Å². The van der Waals surface area contributed by atoms with E-state index in [9.17, 15) is 9.18 Å². The van der Waals surface area contributed by atoms with Crippen LogP contribution < -0.4 is 4.74 Å². The van der Waals surface area contributed by atoms with Crippen LogP contribution >= 0.6 is 0 Å². The molecule has 0 N–H and O–H groups in total. The van der Waals surface area contributed by atoms with Gasteiger partial charge < -0.3 is 9.47 Å². The van der Waals surface area contributed by atoms with Crippen LogP contribution in [0.3, 0.4) is 0 Å². The average Bonchev–Trinajstić information content (AvgIpc) is 2.77. The van der Waals surface area contributed by atoms with Gasteiger partial charge in [-0.15, -0.1) is 5.10 Å². The number of nitrogens with zero attached hydrogens (tertiary/aromatic N) is 3. The van der Waals surface area contributed by atoms with Crippen LogP contribution in [0.5, 0.6) is 5.88 Å². The predicted molar refractivity (Wildman–Crippen MR) is 63.9 cm³/mol. The van der Waals surface area contributed by atoms with E-state index in [1.807, 2.05) is 0 Å². The van der Waals surface area contributed by atoms with Crippen LogP contribution in [0.25, 0.3) is 11.3 Å². The minimum absolute atomic E-state index is 0.225. The Morgan fingerprint density at radius 1 is 1.47 bits per heavy atom. The lowest BCUT2D eigenvalue weighted by molar-refractivity contribution is -0.143. The third kappa shape index (κ3) is 3.06. The van der Waals surface area contributed by atoms with Gasteiger partial charge in [-0.1, -0.05) is 0 Å². The third-order valence-corrected chi connectivity index (χ3v) is 2.45. The highest BCUT2D eigenvalue weighted by Gasteiger charge is 2.10. The minimum atomic E-state index is -0.573. The lowest BCUT2D eigenvalue weighted by Gasteiger charge is -1.99. The molecule has 0 spiro atoms. The van der Waals surface area contributed by atoms with Crippen LogP contribution in [0.15, 0.2) is 24.4 Å². The van der Waals surface area contributed by atoms with E-state index in [0.717, 1.165) is 0 Å². The quantitative estimate of drug-likeness (QED) is 0.613. The first-order valence-corrected chi connectivity index (χ1v) is 5.45. The van der Waals surface area contributed by atoms with E-state index in [2.05, 4.69) is 14.8 Å². The van der Waals surface area contributed by atoms with Crippen molar-refractivity contribution in [2.75, 3.05) is 13.7 Å². The Hall–Kier alpha value is -2.44. The van der Waals surface area contributed by atoms with Crippen molar-refractivity contribution in [2.45, 2.75) is 0 Å². The van der Waals surface area contributed by atoms with Crippen LogP contribution in [0, 0.1) is 5.95 Å². The van der Waals surface area contributed by atoms with E-state index in [1.54, 1.807) is 19.2 Å². The second-order valence-electron chi connectivity index (χ2n) is 3.72. The molecule has 0 fully saturated rings. The highest BCUT2D eigenvalue weighted by molar-refractivity contribution is 5.71. The largest absolute Gasteiger partial charge is 0.466 e. The van der Waals surface area contributed by atoms with Gasteiger partial charge in [-0.2, -0.15) is 4.39 Å². The predicted octanol–water partition coefficient (Wildman–Crippen LogP) is 1.17. The Labute approximate surface area is 108 Å². The van der Waals surface area contributed by atoms with Gasteiger partial charge in [-0.05, 0) is 6.07 Å². The van der Waals surface area contributed by atoms with Gasteiger partial charge in [0.05, 0.1) is 12.8 Å². The summed E-state index contributed by atoms with van der Waals surface area (Å²) in [5, 5.41) is 4.07. The number of ether oxygens (including phenoxy) is 2. The van der Waals surface area contributed by atoms with Gasteiger partial charge in [0.15, 0.2) is 6.61 Å².